The number of nitrogens with zero attached hydrogens (tertiary/aromatic N) is 1. The topological polar surface area (TPSA) is 59.0 Å². The van der Waals surface area contributed by atoms with E-state index in [0.29, 0.717) is 0 Å². The monoisotopic (exact) mass is 292 g/mol. The van der Waals surface area contributed by atoms with Crippen LogP contribution in [0.15, 0.2) is 0 Å². The van der Waals surface area contributed by atoms with Gasteiger partial charge in [-0.15, -0.1) is 0 Å². The number of hydrogen-bond donors (Lipinski definition) is 1. The summed E-state index contributed by atoms with van der Waals surface area (Å²) in [5.41, 5.74) is 4.27. The van der Waals surface area contributed by atoms with E-state index in [1.54, 1.807) is 13.0 Å². The Bertz CT molecular complexity index is 307. The van der Waals surface area contributed by atoms with Crippen LogP contribution in [0, 0.1) is 11.3 Å². The Labute approximate surface area is 106 Å². The number of nitrogens with two attached hydrogens (primary N) is 1. The number of ether oxygens (including phenoxy) is 1. The molecule has 1 unspecified atom stereocenters. The fourth-order valence-electron chi connectivity index (χ4n) is 1.28. The van der Waals surface area contributed by atoms with Gasteiger partial charge in [0.15, 0.2) is 0 Å². The molecule has 0 fully saturated rings. The van der Waals surface area contributed by atoms with Gasteiger partial charge in [-0.05, 0) is 19.3 Å². The Kier molecular flexibility index (Phi) is 6.09. The molecule has 0 radical (unpaired) electrons. The first kappa shape index (κ1) is 18.0. The fraction of sp³-hybridized carbons (Fsp3) is 0.900. The van der Waals surface area contributed by atoms with Crippen molar-refractivity contribution in [3.8, 4) is 6.07 Å². The minimum absolute atomic E-state index is 0.0393. The van der Waals surface area contributed by atoms with Crippen molar-refractivity contribution in [2.45, 2.75) is 50.2 Å². The molecular formula is C10H14F6N2O. The molecule has 0 aromatic heterocycles. The molecule has 0 aromatic rings. The largest absolute Gasteiger partial charge is 0.423 e. The molecule has 0 spiro atoms. The van der Waals surface area contributed by atoms with Crippen molar-refractivity contribution in [3.05, 3.63) is 0 Å². The van der Waals surface area contributed by atoms with Gasteiger partial charge >= 0.3 is 12.4 Å². The highest BCUT2D eigenvalue weighted by molar-refractivity contribution is 5.03. The maximum Gasteiger partial charge on any atom is 0.423 e. The summed E-state index contributed by atoms with van der Waals surface area (Å²) >= 11 is 0. The van der Waals surface area contributed by atoms with Gasteiger partial charge in [-0.2, -0.15) is 31.6 Å². The number of alkyl halides is 6. The average Bonchev–Trinajstić information content (AvgIpc) is 2.24. The van der Waals surface area contributed by atoms with E-state index in [-0.39, 0.29) is 19.3 Å². The number of rotatable bonds is 6. The lowest BCUT2D eigenvalue weighted by molar-refractivity contribution is -0.321. The molecule has 1 atom stereocenters. The van der Waals surface area contributed by atoms with E-state index in [1.165, 1.54) is 0 Å². The summed E-state index contributed by atoms with van der Waals surface area (Å²) in [7, 11) is 0. The van der Waals surface area contributed by atoms with Crippen LogP contribution >= 0.6 is 0 Å². The molecule has 2 N–H and O–H groups in total. The van der Waals surface area contributed by atoms with Crippen molar-refractivity contribution >= 4 is 0 Å². The summed E-state index contributed by atoms with van der Waals surface area (Å²) in [5, 5.41) is 8.68. The lowest BCUT2D eigenvalue weighted by Crippen LogP contribution is -2.44. The molecule has 0 saturated heterocycles. The van der Waals surface area contributed by atoms with Gasteiger partial charge in [0.05, 0.1) is 6.07 Å². The minimum atomic E-state index is -5.52. The van der Waals surface area contributed by atoms with Crippen molar-refractivity contribution in [1.29, 1.82) is 5.26 Å². The molecule has 0 aromatic carbocycles. The molecule has 0 aliphatic rings. The molecule has 0 bridgehead atoms. The highest BCUT2D eigenvalue weighted by Gasteiger charge is 2.57. The van der Waals surface area contributed by atoms with Crippen LogP contribution in [-0.2, 0) is 4.74 Å². The lowest BCUT2D eigenvalue weighted by atomic mass is 9.94. The van der Waals surface area contributed by atoms with Crippen LogP contribution in [0.1, 0.15) is 26.2 Å². The smallest absolute Gasteiger partial charge is 0.361 e. The molecule has 0 aliphatic carbocycles. The molecule has 0 saturated carbocycles. The highest BCUT2D eigenvalue weighted by atomic mass is 19.4. The zero-order valence-electron chi connectivity index (χ0n) is 10.1. The van der Waals surface area contributed by atoms with E-state index in [0.717, 1.165) is 0 Å². The zero-order chi connectivity index (χ0) is 15.3. The highest BCUT2D eigenvalue weighted by Crippen LogP contribution is 2.35. The molecular weight excluding hydrogens is 278 g/mol. The Morgan fingerprint density at radius 2 is 1.63 bits per heavy atom. The van der Waals surface area contributed by atoms with Crippen molar-refractivity contribution in [1.82, 2.24) is 0 Å². The summed E-state index contributed by atoms with van der Waals surface area (Å²) in [6, 6.07) is 1.75. The average molecular weight is 292 g/mol. The van der Waals surface area contributed by atoms with Gasteiger partial charge in [0, 0.05) is 6.61 Å². The third-order valence-electron chi connectivity index (χ3n) is 2.50. The minimum Gasteiger partial charge on any atom is -0.361 e. The van der Waals surface area contributed by atoms with Gasteiger partial charge in [-0.1, -0.05) is 6.92 Å². The van der Waals surface area contributed by atoms with E-state index >= 15 is 0 Å². The fourth-order valence-corrected chi connectivity index (χ4v) is 1.28. The zero-order valence-corrected chi connectivity index (χ0v) is 10.1. The van der Waals surface area contributed by atoms with Crippen LogP contribution in [0.3, 0.4) is 0 Å². The first-order chi connectivity index (χ1) is 8.46. The standard InChI is InChI=1S/C10H14F6N2O/c1-2-8(18,6-17)4-3-5-19-7(9(11,12)13)10(14,15)16/h7H,2-5,18H2,1H3. The predicted octanol–water partition coefficient (Wildman–Crippen LogP) is 2.91. The molecule has 19 heavy (non-hydrogen) atoms. The third-order valence-corrected chi connectivity index (χ3v) is 2.50. The van der Waals surface area contributed by atoms with E-state index < -0.39 is 30.6 Å². The quantitative estimate of drug-likeness (QED) is 0.605. The lowest BCUT2D eigenvalue weighted by Gasteiger charge is -2.24. The van der Waals surface area contributed by atoms with Crippen molar-refractivity contribution in [2.24, 2.45) is 5.73 Å². The van der Waals surface area contributed by atoms with Crippen LogP contribution in [0.25, 0.3) is 0 Å². The normalized spacial score (nSPS) is 16.2. The van der Waals surface area contributed by atoms with Gasteiger partial charge in [0.1, 0.15) is 5.54 Å². The second-order valence-electron chi connectivity index (χ2n) is 4.06. The van der Waals surface area contributed by atoms with Crippen molar-refractivity contribution in [3.63, 3.8) is 0 Å². The van der Waals surface area contributed by atoms with Gasteiger partial charge in [-0.3, -0.25) is 0 Å². The second-order valence-corrected chi connectivity index (χ2v) is 4.06. The van der Waals surface area contributed by atoms with Crippen LogP contribution in [0.5, 0.6) is 0 Å². The van der Waals surface area contributed by atoms with Crippen LogP contribution in [-0.4, -0.2) is 30.6 Å². The van der Waals surface area contributed by atoms with E-state index in [2.05, 4.69) is 4.74 Å². The van der Waals surface area contributed by atoms with Gasteiger partial charge < -0.3 is 10.5 Å². The third kappa shape index (κ3) is 6.11. The van der Waals surface area contributed by atoms with E-state index in [4.69, 9.17) is 11.0 Å². The van der Waals surface area contributed by atoms with Crippen LogP contribution in [0.2, 0.25) is 0 Å². The Morgan fingerprint density at radius 3 is 1.95 bits per heavy atom. The molecule has 3 nitrogen and oxygen atoms in total. The molecule has 112 valence electrons. The predicted molar refractivity (Wildman–Crippen MR) is 53.9 cm³/mol. The Balaban J connectivity index is 4.35. The van der Waals surface area contributed by atoms with Crippen LogP contribution in [0.4, 0.5) is 26.3 Å². The summed E-state index contributed by atoms with van der Waals surface area (Å²) in [6.45, 7) is 0.822. The van der Waals surface area contributed by atoms with Gasteiger partial charge in [-0.25, -0.2) is 0 Å². The molecule has 0 aliphatic heterocycles. The number of halogens is 6. The molecule has 0 amide bonds. The summed E-state index contributed by atoms with van der Waals surface area (Å²) < 4.78 is 76.4. The molecule has 0 rings (SSSR count). The van der Waals surface area contributed by atoms with Gasteiger partial charge in [0.25, 0.3) is 0 Å². The van der Waals surface area contributed by atoms with E-state index in [1.807, 2.05) is 0 Å². The summed E-state index contributed by atoms with van der Waals surface area (Å²) in [6.07, 6.45) is -14.8. The van der Waals surface area contributed by atoms with Crippen molar-refractivity contribution in [2.75, 3.05) is 6.61 Å². The SMILES string of the molecule is CCC(N)(C#N)CCCOC(C(F)(F)F)C(F)(F)F. The number of hydrogen-bond acceptors (Lipinski definition) is 3. The Morgan fingerprint density at radius 1 is 1.16 bits per heavy atom. The molecule has 0 heterocycles. The van der Waals surface area contributed by atoms with E-state index in [9.17, 15) is 26.3 Å². The second kappa shape index (κ2) is 6.43. The van der Waals surface area contributed by atoms with Crippen LogP contribution < -0.4 is 5.73 Å². The first-order valence-electron chi connectivity index (χ1n) is 5.41. The summed E-state index contributed by atoms with van der Waals surface area (Å²) in [5.74, 6) is 0. The summed E-state index contributed by atoms with van der Waals surface area (Å²) in [4.78, 5) is 0. The maximum absolute atomic E-state index is 12.1. The maximum atomic E-state index is 12.1. The van der Waals surface area contributed by atoms with Crippen molar-refractivity contribution < 1.29 is 31.1 Å². The Hall–Kier alpha value is -1.01. The number of nitriles is 1. The molecule has 9 heteroatoms. The first-order valence-corrected chi connectivity index (χ1v) is 5.41. The van der Waals surface area contributed by atoms with Gasteiger partial charge in [0.2, 0.25) is 6.10 Å².